The summed E-state index contributed by atoms with van der Waals surface area (Å²) in [7, 11) is 1.54. The number of carboxylic acids is 1. The largest absolute Gasteiger partial charge is 0.495 e. The predicted molar refractivity (Wildman–Crippen MR) is 130 cm³/mol. The molecule has 0 aliphatic carbocycles. The van der Waals surface area contributed by atoms with Gasteiger partial charge < -0.3 is 20.1 Å². The molecule has 0 bridgehead atoms. The van der Waals surface area contributed by atoms with Crippen LogP contribution in [-0.4, -0.2) is 27.6 Å². The second kappa shape index (κ2) is 8.55. The van der Waals surface area contributed by atoms with Crippen LogP contribution in [0.3, 0.4) is 0 Å². The first-order valence-corrected chi connectivity index (χ1v) is 11.0. The first-order chi connectivity index (χ1) is 16.4. The summed E-state index contributed by atoms with van der Waals surface area (Å²) in [4.78, 5) is 31.7. The molecule has 8 heteroatoms. The van der Waals surface area contributed by atoms with Crippen molar-refractivity contribution in [3.63, 3.8) is 0 Å². The average molecular weight is 457 g/mol. The Morgan fingerprint density at radius 3 is 2.44 bits per heavy atom. The highest BCUT2D eigenvalue weighted by molar-refractivity contribution is 5.94. The van der Waals surface area contributed by atoms with Crippen molar-refractivity contribution in [3.05, 3.63) is 99.5 Å². The molecule has 172 valence electrons. The lowest BCUT2D eigenvalue weighted by Crippen LogP contribution is -2.23. The lowest BCUT2D eigenvalue weighted by Gasteiger charge is -2.21. The van der Waals surface area contributed by atoms with Crippen molar-refractivity contribution in [2.24, 2.45) is 0 Å². The molecule has 0 spiro atoms. The normalized spacial score (nSPS) is 13.5. The summed E-state index contributed by atoms with van der Waals surface area (Å²) in [5.74, 6) is 0.0923. The predicted octanol–water partition coefficient (Wildman–Crippen LogP) is 4.09. The molecule has 34 heavy (non-hydrogen) atoms. The molecule has 0 saturated carbocycles. The van der Waals surface area contributed by atoms with Gasteiger partial charge in [-0.2, -0.15) is 0 Å². The molecule has 3 heterocycles. The number of methoxy groups -OCH3 is 1. The van der Waals surface area contributed by atoms with E-state index < -0.39 is 5.97 Å². The van der Waals surface area contributed by atoms with Crippen LogP contribution in [0, 0.1) is 0 Å². The number of rotatable bonds is 6. The van der Waals surface area contributed by atoms with Gasteiger partial charge in [-0.05, 0) is 36.2 Å². The highest BCUT2D eigenvalue weighted by Crippen LogP contribution is 2.30. The van der Waals surface area contributed by atoms with Crippen molar-refractivity contribution in [2.45, 2.75) is 26.1 Å². The van der Waals surface area contributed by atoms with Gasteiger partial charge >= 0.3 is 5.97 Å². The van der Waals surface area contributed by atoms with Gasteiger partial charge in [0.05, 0.1) is 24.9 Å². The number of ether oxygens (including phenoxy) is 1. The van der Waals surface area contributed by atoms with Crippen molar-refractivity contribution in [1.82, 2.24) is 9.38 Å². The fourth-order valence-electron chi connectivity index (χ4n) is 4.38. The van der Waals surface area contributed by atoms with Crippen molar-refractivity contribution < 1.29 is 14.6 Å². The van der Waals surface area contributed by atoms with Gasteiger partial charge in [0, 0.05) is 30.4 Å². The van der Waals surface area contributed by atoms with Crippen molar-refractivity contribution in [3.8, 4) is 5.75 Å². The third kappa shape index (κ3) is 3.83. The van der Waals surface area contributed by atoms with Gasteiger partial charge in [-0.3, -0.25) is 9.20 Å². The summed E-state index contributed by atoms with van der Waals surface area (Å²) in [6, 6.07) is 17.9. The fraction of sp³-hybridized carbons (Fsp3) is 0.192. The number of pyridine rings is 1. The number of anilines is 2. The zero-order valence-corrected chi connectivity index (χ0v) is 18.9. The first kappa shape index (κ1) is 21.5. The molecule has 0 unspecified atom stereocenters. The Kier molecular flexibility index (Phi) is 5.41. The van der Waals surface area contributed by atoms with Crippen LogP contribution in [0.2, 0.25) is 0 Å². The maximum absolute atomic E-state index is 13.1. The number of nitrogens with one attached hydrogen (secondary N) is 1. The Morgan fingerprint density at radius 2 is 1.76 bits per heavy atom. The van der Waals surface area contributed by atoms with Gasteiger partial charge in [0.1, 0.15) is 17.2 Å². The molecular weight excluding hydrogens is 432 g/mol. The quantitative estimate of drug-likeness (QED) is 0.451. The minimum absolute atomic E-state index is 0.169. The third-order valence-electron chi connectivity index (χ3n) is 6.15. The van der Waals surface area contributed by atoms with Gasteiger partial charge in [0.15, 0.2) is 0 Å². The van der Waals surface area contributed by atoms with Crippen LogP contribution < -0.4 is 20.5 Å². The second-order valence-corrected chi connectivity index (χ2v) is 8.32. The number of para-hydroxylation sites is 1. The van der Waals surface area contributed by atoms with E-state index in [0.717, 1.165) is 5.56 Å². The average Bonchev–Trinajstić information content (AvgIpc) is 3.28. The second-order valence-electron chi connectivity index (χ2n) is 8.32. The molecule has 0 saturated heterocycles. The maximum atomic E-state index is 13.1. The smallest absolute Gasteiger partial charge is 0.337 e. The van der Waals surface area contributed by atoms with E-state index in [9.17, 15) is 14.7 Å². The van der Waals surface area contributed by atoms with Crippen LogP contribution in [-0.2, 0) is 13.1 Å². The van der Waals surface area contributed by atoms with E-state index in [2.05, 4.69) is 22.3 Å². The van der Waals surface area contributed by atoms with E-state index in [4.69, 9.17) is 9.72 Å². The summed E-state index contributed by atoms with van der Waals surface area (Å²) in [6.07, 6.45) is 1.62. The van der Waals surface area contributed by atoms with Crippen LogP contribution >= 0.6 is 0 Å². The molecular formula is C26H24N4O4. The number of aromatic nitrogens is 2. The summed E-state index contributed by atoms with van der Waals surface area (Å²) >= 11 is 0. The monoisotopic (exact) mass is 456 g/mol. The molecule has 2 aromatic heterocycles. The fourth-order valence-corrected chi connectivity index (χ4v) is 4.38. The summed E-state index contributed by atoms with van der Waals surface area (Å²) in [5.41, 5.74) is 4.09. The van der Waals surface area contributed by atoms with E-state index in [1.165, 1.54) is 22.6 Å². The van der Waals surface area contributed by atoms with Gasteiger partial charge in [-0.1, -0.05) is 36.4 Å². The topological polar surface area (TPSA) is 96.2 Å². The van der Waals surface area contributed by atoms with Crippen molar-refractivity contribution in [1.29, 1.82) is 0 Å². The van der Waals surface area contributed by atoms with Crippen LogP contribution in [0.5, 0.6) is 5.75 Å². The maximum Gasteiger partial charge on any atom is 0.337 e. The SMILES string of the molecule is COc1cc([C@@H](C)Nc2ccccc2C(=O)O)c2nc(N3Cc4ccccc4C3)cc(=O)n2c1. The van der Waals surface area contributed by atoms with E-state index in [1.807, 2.05) is 25.1 Å². The molecule has 0 fully saturated rings. The van der Waals surface area contributed by atoms with Crippen LogP contribution in [0.15, 0.2) is 71.7 Å². The molecule has 2 aromatic carbocycles. The van der Waals surface area contributed by atoms with E-state index >= 15 is 0 Å². The Labute approximate surface area is 196 Å². The number of hydrogen-bond donors (Lipinski definition) is 2. The molecule has 1 aliphatic rings. The highest BCUT2D eigenvalue weighted by atomic mass is 16.5. The molecule has 1 aliphatic heterocycles. The van der Waals surface area contributed by atoms with Crippen LogP contribution in [0.1, 0.15) is 40.0 Å². The number of fused-ring (bicyclic) bond motifs is 2. The molecule has 1 atom stereocenters. The zero-order valence-electron chi connectivity index (χ0n) is 18.9. The Bertz CT molecular complexity index is 1440. The number of aromatic carboxylic acids is 1. The molecule has 0 radical (unpaired) electrons. The summed E-state index contributed by atoms with van der Waals surface area (Å²) < 4.78 is 6.91. The number of benzene rings is 2. The van der Waals surface area contributed by atoms with Crippen molar-refractivity contribution in [2.75, 3.05) is 17.3 Å². The number of nitrogens with zero attached hydrogens (tertiary/aromatic N) is 3. The lowest BCUT2D eigenvalue weighted by molar-refractivity contribution is 0.0698. The Morgan fingerprint density at radius 1 is 1.09 bits per heavy atom. The zero-order chi connectivity index (χ0) is 23.8. The highest BCUT2D eigenvalue weighted by Gasteiger charge is 2.23. The van der Waals surface area contributed by atoms with Crippen LogP contribution in [0.25, 0.3) is 5.65 Å². The Hall–Kier alpha value is -4.33. The lowest BCUT2D eigenvalue weighted by atomic mass is 10.1. The number of carbonyl (C=O) groups is 1. The van der Waals surface area contributed by atoms with Crippen LogP contribution in [0.4, 0.5) is 11.5 Å². The third-order valence-corrected chi connectivity index (χ3v) is 6.15. The molecule has 0 amide bonds. The van der Waals surface area contributed by atoms with E-state index in [0.29, 0.717) is 36.0 Å². The van der Waals surface area contributed by atoms with Gasteiger partial charge in [0.25, 0.3) is 5.56 Å². The van der Waals surface area contributed by atoms with Crippen molar-refractivity contribution >= 4 is 23.1 Å². The molecule has 5 rings (SSSR count). The van der Waals surface area contributed by atoms with E-state index in [-0.39, 0.29) is 17.2 Å². The Balaban J connectivity index is 1.58. The van der Waals surface area contributed by atoms with E-state index in [1.54, 1.807) is 36.5 Å². The summed E-state index contributed by atoms with van der Waals surface area (Å²) in [5, 5.41) is 12.8. The minimum Gasteiger partial charge on any atom is -0.495 e. The van der Waals surface area contributed by atoms with Gasteiger partial charge in [-0.15, -0.1) is 0 Å². The molecule has 8 nitrogen and oxygen atoms in total. The number of hydrogen-bond acceptors (Lipinski definition) is 6. The summed E-state index contributed by atoms with van der Waals surface area (Å²) in [6.45, 7) is 3.27. The standard InChI is InChI=1S/C26H24N4O4/c1-16(27-22-10-6-5-9-20(22)26(32)33)21-11-19(34-2)15-30-24(31)12-23(28-25(21)30)29-13-17-7-3-4-8-18(17)14-29/h3-12,15-16,27H,13-14H2,1-2H3,(H,32,33)/t16-/m1/s1. The van der Waals surface area contributed by atoms with Gasteiger partial charge in [-0.25, -0.2) is 9.78 Å². The minimum atomic E-state index is -1.02. The van der Waals surface area contributed by atoms with Gasteiger partial charge in [0.2, 0.25) is 0 Å². The first-order valence-electron chi connectivity index (χ1n) is 11.0. The number of carboxylic acid groups (broad SMARTS) is 1. The molecule has 2 N–H and O–H groups in total. The molecule has 4 aromatic rings.